The number of hydrogen-bond acceptors (Lipinski definition) is 7. The van der Waals surface area contributed by atoms with Crippen LogP contribution in [-0.4, -0.2) is 65.3 Å². The molecule has 2 aromatic heterocycles. The number of H-pyrrole nitrogens is 1. The Morgan fingerprint density at radius 2 is 2.10 bits per heavy atom. The van der Waals surface area contributed by atoms with E-state index in [2.05, 4.69) is 20.6 Å². The van der Waals surface area contributed by atoms with Crippen molar-refractivity contribution in [3.8, 4) is 22.8 Å². The minimum absolute atomic E-state index is 0.108. The van der Waals surface area contributed by atoms with Gasteiger partial charge in [0.1, 0.15) is 18.0 Å². The highest BCUT2D eigenvalue weighted by Crippen LogP contribution is 2.43. The molecule has 5 rings (SSSR count). The Bertz CT molecular complexity index is 1400. The molecule has 1 fully saturated rings. The molecule has 0 spiro atoms. The Hall–Kier alpha value is -3.92. The summed E-state index contributed by atoms with van der Waals surface area (Å²) in [5, 5.41) is 6.75. The van der Waals surface area contributed by atoms with Crippen molar-refractivity contribution in [1.29, 1.82) is 0 Å². The van der Waals surface area contributed by atoms with Crippen molar-refractivity contribution in [2.45, 2.75) is 45.3 Å². The largest absolute Gasteiger partial charge is 0.493 e. The molecule has 4 heterocycles. The third-order valence-electron chi connectivity index (χ3n) is 6.65. The summed E-state index contributed by atoms with van der Waals surface area (Å²) >= 11 is 6.37. The van der Waals surface area contributed by atoms with E-state index in [1.807, 2.05) is 39.0 Å². The van der Waals surface area contributed by atoms with Crippen LogP contribution in [-0.2, 0) is 11.2 Å². The molecule has 2 aliphatic heterocycles. The lowest BCUT2D eigenvalue weighted by Gasteiger charge is -2.41. The molecular weight excluding hydrogens is 522 g/mol. The first kappa shape index (κ1) is 26.7. The molecule has 0 unspecified atom stereocenters. The molecule has 1 saturated heterocycles. The third-order valence-corrected chi connectivity index (χ3v) is 6.95. The molecule has 0 radical (unpaired) electrons. The molecule has 0 aliphatic carbocycles. The summed E-state index contributed by atoms with van der Waals surface area (Å²) in [7, 11) is 1.54. The molecule has 1 aromatic carbocycles. The lowest BCUT2D eigenvalue weighted by molar-refractivity contribution is -0.0141. The first-order chi connectivity index (χ1) is 18.7. The number of hydrogen-bond donors (Lipinski definition) is 3. The van der Waals surface area contributed by atoms with Gasteiger partial charge < -0.3 is 34.7 Å². The number of pyridine rings is 1. The van der Waals surface area contributed by atoms with Crippen molar-refractivity contribution in [3.63, 3.8) is 0 Å². The topological polar surface area (TPSA) is 118 Å². The number of methoxy groups -OCH3 is 1. The number of para-hydroxylation sites is 1. The molecule has 10 nitrogen and oxygen atoms in total. The average molecular weight is 554 g/mol. The zero-order valence-corrected chi connectivity index (χ0v) is 23.1. The van der Waals surface area contributed by atoms with Gasteiger partial charge in [0, 0.05) is 37.0 Å². The molecule has 11 heteroatoms. The van der Waals surface area contributed by atoms with Gasteiger partial charge in [-0.25, -0.2) is 4.79 Å². The molecular formula is C28H32ClN5O5. The summed E-state index contributed by atoms with van der Waals surface area (Å²) in [6, 6.07) is 7.10. The number of ether oxygens (including phenoxy) is 3. The van der Waals surface area contributed by atoms with Crippen molar-refractivity contribution in [1.82, 2.24) is 20.2 Å². The average Bonchev–Trinajstić information content (AvgIpc) is 3.22. The van der Waals surface area contributed by atoms with Crippen LogP contribution in [0.4, 0.5) is 16.2 Å². The Morgan fingerprint density at radius 1 is 1.28 bits per heavy atom. The van der Waals surface area contributed by atoms with E-state index >= 15 is 0 Å². The van der Waals surface area contributed by atoms with E-state index in [1.165, 1.54) is 0 Å². The van der Waals surface area contributed by atoms with Gasteiger partial charge in [0.15, 0.2) is 5.75 Å². The lowest BCUT2D eigenvalue weighted by atomic mass is 10.0. The number of fused-ring (bicyclic) bond motifs is 1. The molecule has 1 atom stereocenters. The molecule has 39 heavy (non-hydrogen) atoms. The summed E-state index contributed by atoms with van der Waals surface area (Å²) in [6.45, 7) is 6.98. The summed E-state index contributed by atoms with van der Waals surface area (Å²) < 4.78 is 17.3. The van der Waals surface area contributed by atoms with E-state index in [0.717, 1.165) is 17.7 Å². The SMILES string of the molecule is COc1c(Cl)cccc1Nc1c(-c2ccncc2OC[C@H]2CCN2C(=O)OC(C)(C)C)[nH]c2c1C(=O)NCC2. The maximum Gasteiger partial charge on any atom is 0.410 e. The summed E-state index contributed by atoms with van der Waals surface area (Å²) in [5.74, 6) is 0.810. The minimum atomic E-state index is -0.567. The van der Waals surface area contributed by atoms with Gasteiger partial charge in [0.2, 0.25) is 0 Å². The number of likely N-dealkylation sites (tertiary alicyclic amines) is 1. The predicted molar refractivity (Wildman–Crippen MR) is 148 cm³/mol. The number of carbonyl (C=O) groups excluding carboxylic acids is 2. The third kappa shape index (κ3) is 5.47. The Balaban J connectivity index is 1.46. The summed E-state index contributed by atoms with van der Waals surface area (Å²) in [5.41, 5.74) is 3.37. The van der Waals surface area contributed by atoms with Gasteiger partial charge in [-0.05, 0) is 45.4 Å². The van der Waals surface area contributed by atoms with Gasteiger partial charge >= 0.3 is 6.09 Å². The van der Waals surface area contributed by atoms with E-state index in [-0.39, 0.29) is 24.6 Å². The van der Waals surface area contributed by atoms with Gasteiger partial charge in [-0.2, -0.15) is 0 Å². The number of anilines is 2. The fourth-order valence-corrected chi connectivity index (χ4v) is 4.97. The fourth-order valence-electron chi connectivity index (χ4n) is 4.72. The van der Waals surface area contributed by atoms with E-state index in [4.69, 9.17) is 25.8 Å². The standard InChI is InChI=1S/C28H32ClN5O5/c1-28(2,3)39-27(36)34-13-10-16(34)15-38-21-14-30-11-8-17(21)23-24(22-19(32-23)9-12-31-26(22)35)33-20-7-5-6-18(29)25(20)37-4/h5-8,11,14,16,32-33H,9-10,12-13,15H2,1-4H3,(H,31,35)/t16-/m1/s1. The molecule has 0 bridgehead atoms. The van der Waals surface area contributed by atoms with Crippen LogP contribution >= 0.6 is 11.6 Å². The highest BCUT2D eigenvalue weighted by molar-refractivity contribution is 6.32. The van der Waals surface area contributed by atoms with Gasteiger partial charge in [0.25, 0.3) is 5.91 Å². The Labute approximate surface area is 232 Å². The number of aromatic amines is 1. The molecule has 0 saturated carbocycles. The van der Waals surface area contributed by atoms with E-state index < -0.39 is 5.60 Å². The van der Waals surface area contributed by atoms with Crippen molar-refractivity contribution >= 4 is 35.0 Å². The zero-order chi connectivity index (χ0) is 27.7. The van der Waals surface area contributed by atoms with Crippen LogP contribution in [0.3, 0.4) is 0 Å². The van der Waals surface area contributed by atoms with Crippen LogP contribution in [0.15, 0.2) is 36.7 Å². The van der Waals surface area contributed by atoms with Crippen molar-refractivity contribution in [2.75, 3.05) is 32.1 Å². The number of carbonyl (C=O) groups is 2. The van der Waals surface area contributed by atoms with E-state index in [9.17, 15) is 9.59 Å². The molecule has 3 aromatic rings. The number of nitrogens with zero attached hydrogens (tertiary/aromatic N) is 2. The predicted octanol–water partition coefficient (Wildman–Crippen LogP) is 5.16. The van der Waals surface area contributed by atoms with Crippen LogP contribution in [0.1, 0.15) is 43.2 Å². The van der Waals surface area contributed by atoms with Crippen LogP contribution in [0.25, 0.3) is 11.3 Å². The summed E-state index contributed by atoms with van der Waals surface area (Å²) in [4.78, 5) is 34.9. The second-order valence-corrected chi connectivity index (χ2v) is 10.9. The minimum Gasteiger partial charge on any atom is -0.493 e. The molecule has 3 N–H and O–H groups in total. The van der Waals surface area contributed by atoms with Gasteiger partial charge in [0.05, 0.1) is 47.0 Å². The fraction of sp³-hybridized carbons (Fsp3) is 0.393. The van der Waals surface area contributed by atoms with Crippen LogP contribution in [0.5, 0.6) is 11.5 Å². The second kappa shape index (κ2) is 10.7. The zero-order valence-electron chi connectivity index (χ0n) is 22.4. The van der Waals surface area contributed by atoms with Crippen LogP contribution < -0.4 is 20.1 Å². The van der Waals surface area contributed by atoms with Gasteiger partial charge in [-0.3, -0.25) is 9.78 Å². The van der Waals surface area contributed by atoms with Gasteiger partial charge in [-0.1, -0.05) is 17.7 Å². The molecule has 206 valence electrons. The van der Waals surface area contributed by atoms with Crippen molar-refractivity contribution in [2.24, 2.45) is 0 Å². The number of aromatic nitrogens is 2. The molecule has 2 aliphatic rings. The normalized spacial score (nSPS) is 16.6. The summed E-state index contributed by atoms with van der Waals surface area (Å²) in [6.07, 6.45) is 4.42. The second-order valence-electron chi connectivity index (χ2n) is 10.5. The lowest BCUT2D eigenvalue weighted by Crippen LogP contribution is -2.55. The highest BCUT2D eigenvalue weighted by atomic mass is 35.5. The number of nitrogens with one attached hydrogen (secondary N) is 3. The highest BCUT2D eigenvalue weighted by Gasteiger charge is 2.36. The maximum absolute atomic E-state index is 13.0. The number of halogens is 1. The van der Waals surface area contributed by atoms with Gasteiger partial charge in [-0.15, -0.1) is 0 Å². The first-order valence-electron chi connectivity index (χ1n) is 12.9. The van der Waals surface area contributed by atoms with Crippen molar-refractivity contribution in [3.05, 3.63) is 52.9 Å². The maximum atomic E-state index is 13.0. The molecule has 2 amide bonds. The van der Waals surface area contributed by atoms with Crippen LogP contribution in [0, 0.1) is 0 Å². The smallest absolute Gasteiger partial charge is 0.410 e. The Kier molecular flexibility index (Phi) is 7.31. The van der Waals surface area contributed by atoms with Crippen molar-refractivity contribution < 1.29 is 23.8 Å². The monoisotopic (exact) mass is 553 g/mol. The van der Waals surface area contributed by atoms with Crippen LogP contribution in [0.2, 0.25) is 5.02 Å². The quantitative estimate of drug-likeness (QED) is 0.370. The van der Waals surface area contributed by atoms with E-state index in [0.29, 0.717) is 58.7 Å². The first-order valence-corrected chi connectivity index (χ1v) is 13.2. The Morgan fingerprint density at radius 3 is 2.82 bits per heavy atom. The van der Waals surface area contributed by atoms with E-state index in [1.54, 1.807) is 30.5 Å². The number of benzene rings is 1. The number of amides is 2. The number of rotatable bonds is 7.